The van der Waals surface area contributed by atoms with E-state index in [-0.39, 0.29) is 11.4 Å². The van der Waals surface area contributed by atoms with Gasteiger partial charge in [-0.25, -0.2) is 8.42 Å². The first-order valence-electron chi connectivity index (χ1n) is 6.49. The van der Waals surface area contributed by atoms with E-state index < -0.39 is 10.4 Å². The molecule has 1 heterocycles. The summed E-state index contributed by atoms with van der Waals surface area (Å²) >= 11 is 0. The van der Waals surface area contributed by atoms with Gasteiger partial charge >= 0.3 is 0 Å². The highest BCUT2D eigenvalue weighted by Gasteiger charge is 2.31. The van der Waals surface area contributed by atoms with Crippen molar-refractivity contribution in [3.63, 3.8) is 0 Å². The lowest BCUT2D eigenvalue weighted by Gasteiger charge is -2.35. The maximum Gasteiger partial charge on any atom is 0.262 e. The van der Waals surface area contributed by atoms with Crippen molar-refractivity contribution < 1.29 is 21.9 Å². The van der Waals surface area contributed by atoms with Gasteiger partial charge in [0, 0.05) is 5.56 Å². The molecule has 20 heavy (non-hydrogen) atoms. The SMILES string of the molecule is Cc1c(C)c2c(c(C)c1OS(=O)(=O)[O-])CCC(C)(C)O2. The number of fused-ring (bicyclic) bond motifs is 1. The van der Waals surface area contributed by atoms with E-state index in [1.54, 1.807) is 13.8 Å². The van der Waals surface area contributed by atoms with Crippen LogP contribution in [0.4, 0.5) is 0 Å². The predicted octanol–water partition coefficient (Wildman–Crippen LogP) is 2.55. The molecule has 6 heteroatoms. The largest absolute Gasteiger partial charge is 0.716 e. The fourth-order valence-electron chi connectivity index (χ4n) is 2.58. The molecule has 0 bridgehead atoms. The number of hydrogen-bond donors (Lipinski definition) is 0. The highest BCUT2D eigenvalue weighted by molar-refractivity contribution is 7.81. The summed E-state index contributed by atoms with van der Waals surface area (Å²) < 4.78 is 43.3. The highest BCUT2D eigenvalue weighted by Crippen LogP contribution is 2.43. The fourth-order valence-corrected chi connectivity index (χ4v) is 3.03. The summed E-state index contributed by atoms with van der Waals surface area (Å²) in [5, 5.41) is 0. The van der Waals surface area contributed by atoms with Gasteiger partial charge in [0.25, 0.3) is 10.4 Å². The molecule has 0 saturated heterocycles. The average molecular weight is 299 g/mol. The van der Waals surface area contributed by atoms with E-state index in [0.717, 1.165) is 29.7 Å². The summed E-state index contributed by atoms with van der Waals surface area (Å²) in [5.74, 6) is 0.923. The molecule has 0 aromatic heterocycles. The summed E-state index contributed by atoms with van der Waals surface area (Å²) in [6.07, 6.45) is 1.59. The lowest BCUT2D eigenvalue weighted by atomic mass is 9.88. The molecule has 1 aromatic carbocycles. The molecule has 1 aromatic rings. The van der Waals surface area contributed by atoms with Crippen LogP contribution in [0.15, 0.2) is 0 Å². The van der Waals surface area contributed by atoms with Crippen LogP contribution in [-0.4, -0.2) is 18.6 Å². The minimum absolute atomic E-state index is 0.138. The van der Waals surface area contributed by atoms with E-state index in [0.29, 0.717) is 11.1 Å². The lowest BCUT2D eigenvalue weighted by Crippen LogP contribution is -2.33. The fraction of sp³-hybridized carbons (Fsp3) is 0.571. The van der Waals surface area contributed by atoms with Gasteiger partial charge in [0.05, 0.1) is 0 Å². The quantitative estimate of drug-likeness (QED) is 0.619. The zero-order valence-corrected chi connectivity index (χ0v) is 13.2. The summed E-state index contributed by atoms with van der Waals surface area (Å²) in [4.78, 5) is 0. The van der Waals surface area contributed by atoms with Gasteiger partial charge in [-0.2, -0.15) is 0 Å². The first-order valence-corrected chi connectivity index (χ1v) is 7.82. The minimum atomic E-state index is -4.78. The zero-order valence-electron chi connectivity index (χ0n) is 12.4. The molecule has 0 aliphatic carbocycles. The van der Waals surface area contributed by atoms with Crippen molar-refractivity contribution in [2.45, 2.75) is 53.1 Å². The van der Waals surface area contributed by atoms with Crippen molar-refractivity contribution in [1.82, 2.24) is 0 Å². The third kappa shape index (κ3) is 2.76. The van der Waals surface area contributed by atoms with E-state index in [1.165, 1.54) is 0 Å². The Morgan fingerprint density at radius 1 is 1.15 bits per heavy atom. The van der Waals surface area contributed by atoms with Crippen molar-refractivity contribution in [3.05, 3.63) is 22.3 Å². The monoisotopic (exact) mass is 299 g/mol. The third-order valence-corrected chi connectivity index (χ3v) is 4.22. The molecular formula is C14H19O5S-. The maximum atomic E-state index is 10.9. The van der Waals surface area contributed by atoms with E-state index >= 15 is 0 Å². The third-order valence-electron chi connectivity index (χ3n) is 3.85. The van der Waals surface area contributed by atoms with Crippen LogP contribution < -0.4 is 8.92 Å². The van der Waals surface area contributed by atoms with E-state index in [2.05, 4.69) is 4.18 Å². The molecule has 0 saturated carbocycles. The van der Waals surface area contributed by atoms with Crippen LogP contribution in [0.5, 0.6) is 11.5 Å². The molecule has 5 nitrogen and oxygen atoms in total. The van der Waals surface area contributed by atoms with Crippen molar-refractivity contribution in [3.8, 4) is 11.5 Å². The van der Waals surface area contributed by atoms with Gasteiger partial charge in [-0.15, -0.1) is 0 Å². The van der Waals surface area contributed by atoms with Gasteiger partial charge in [-0.05, 0) is 64.2 Å². The van der Waals surface area contributed by atoms with Crippen molar-refractivity contribution in [2.24, 2.45) is 0 Å². The van der Waals surface area contributed by atoms with Gasteiger partial charge in [-0.3, -0.25) is 0 Å². The normalized spacial score (nSPS) is 17.3. The van der Waals surface area contributed by atoms with Crippen LogP contribution in [0.3, 0.4) is 0 Å². The number of rotatable bonds is 2. The van der Waals surface area contributed by atoms with Crippen LogP contribution in [0.1, 0.15) is 42.5 Å². The summed E-state index contributed by atoms with van der Waals surface area (Å²) in [5.41, 5.74) is 2.78. The minimum Gasteiger partial charge on any atom is -0.716 e. The number of benzene rings is 1. The maximum absolute atomic E-state index is 10.9. The molecule has 0 N–H and O–H groups in total. The Hall–Kier alpha value is -1.27. The molecule has 0 unspecified atom stereocenters. The van der Waals surface area contributed by atoms with Crippen molar-refractivity contribution in [1.29, 1.82) is 0 Å². The highest BCUT2D eigenvalue weighted by atomic mass is 32.3. The van der Waals surface area contributed by atoms with Gasteiger partial charge in [0.1, 0.15) is 17.1 Å². The standard InChI is InChI=1S/C14H20O5S/c1-8-9(2)13-11(6-7-14(4,5)18-13)10(3)12(8)19-20(15,16)17/h6-7H2,1-5H3,(H,15,16,17)/p-1. The van der Waals surface area contributed by atoms with Crippen LogP contribution in [0.25, 0.3) is 0 Å². The van der Waals surface area contributed by atoms with Gasteiger partial charge in [0.15, 0.2) is 0 Å². The van der Waals surface area contributed by atoms with Crippen molar-refractivity contribution >= 4 is 10.4 Å². The molecule has 2 rings (SSSR count). The smallest absolute Gasteiger partial charge is 0.262 e. The molecule has 0 spiro atoms. The van der Waals surface area contributed by atoms with Crippen LogP contribution in [-0.2, 0) is 16.8 Å². The predicted molar refractivity (Wildman–Crippen MR) is 74.0 cm³/mol. The Morgan fingerprint density at radius 3 is 2.30 bits per heavy atom. The summed E-state index contributed by atoms with van der Waals surface area (Å²) in [6, 6.07) is 0. The molecule has 1 aliphatic rings. The second-order valence-electron chi connectivity index (χ2n) is 5.87. The number of ether oxygens (including phenoxy) is 1. The lowest BCUT2D eigenvalue weighted by molar-refractivity contribution is 0.0832. The topological polar surface area (TPSA) is 75.7 Å². The number of hydrogen-bond acceptors (Lipinski definition) is 5. The van der Waals surface area contributed by atoms with E-state index in [1.807, 2.05) is 20.8 Å². The van der Waals surface area contributed by atoms with Gasteiger partial charge in [0.2, 0.25) is 0 Å². The summed E-state index contributed by atoms with van der Waals surface area (Å²) in [6.45, 7) is 9.37. The van der Waals surface area contributed by atoms with Gasteiger partial charge < -0.3 is 13.5 Å². The van der Waals surface area contributed by atoms with Crippen LogP contribution in [0.2, 0.25) is 0 Å². The Bertz CT molecular complexity index is 659. The second kappa shape index (κ2) is 4.63. The van der Waals surface area contributed by atoms with Crippen LogP contribution >= 0.6 is 0 Å². The molecular weight excluding hydrogens is 280 g/mol. The molecule has 0 atom stereocenters. The molecule has 0 radical (unpaired) electrons. The van der Waals surface area contributed by atoms with E-state index in [9.17, 15) is 13.0 Å². The molecule has 112 valence electrons. The zero-order chi connectivity index (χ0) is 15.3. The van der Waals surface area contributed by atoms with Crippen LogP contribution in [0, 0.1) is 20.8 Å². The Balaban J connectivity index is 2.63. The first kappa shape index (κ1) is 15.1. The Morgan fingerprint density at radius 2 is 1.75 bits per heavy atom. The molecule has 1 aliphatic heterocycles. The van der Waals surface area contributed by atoms with Crippen molar-refractivity contribution in [2.75, 3.05) is 0 Å². The first-order chi connectivity index (χ1) is 9.02. The average Bonchev–Trinajstić information content (AvgIpc) is 2.29. The second-order valence-corrected chi connectivity index (χ2v) is 6.85. The Labute approximate surface area is 119 Å². The molecule has 0 amide bonds. The summed E-state index contributed by atoms with van der Waals surface area (Å²) in [7, 11) is -4.78. The Kier molecular flexibility index (Phi) is 3.50. The van der Waals surface area contributed by atoms with E-state index in [4.69, 9.17) is 4.74 Å². The molecule has 0 fully saturated rings. The van der Waals surface area contributed by atoms with Gasteiger partial charge in [-0.1, -0.05) is 0 Å².